The molecule has 3 atom stereocenters. The van der Waals surface area contributed by atoms with E-state index >= 15 is 0 Å². The Bertz CT molecular complexity index is 889. The SMILES string of the molecule is CC(C)[C@H]1C(=O)N(S(C)(=O)=O)[C@H]2CCN(C(=O)CCCC3CCN(C(=O)OC(C)(C)C)CC3)[C@H]12. The van der Waals surface area contributed by atoms with E-state index in [4.69, 9.17) is 4.74 Å². The van der Waals surface area contributed by atoms with Crippen molar-refractivity contribution in [2.45, 2.75) is 90.8 Å². The van der Waals surface area contributed by atoms with Gasteiger partial charge in [-0.25, -0.2) is 17.5 Å². The molecule has 3 saturated heterocycles. The predicted octanol–water partition coefficient (Wildman–Crippen LogP) is 2.85. The standard InChI is InChI=1S/C24H41N3O6S/c1-16(2)20-21-18(27(22(20)29)34(6,31)32)12-15-26(21)19(28)9-7-8-17-10-13-25(14-11-17)23(30)33-24(3,4)5/h16-18,20-21H,7-15H2,1-6H3/t18-,20+,21-/m0/s1. The highest BCUT2D eigenvalue weighted by Crippen LogP contribution is 2.41. The Balaban J connectivity index is 1.51. The average Bonchev–Trinajstić information content (AvgIpc) is 3.22. The number of amides is 3. The van der Waals surface area contributed by atoms with Crippen LogP contribution in [0.4, 0.5) is 4.79 Å². The van der Waals surface area contributed by atoms with Crippen LogP contribution < -0.4 is 0 Å². The molecule has 34 heavy (non-hydrogen) atoms. The summed E-state index contributed by atoms with van der Waals surface area (Å²) in [4.78, 5) is 41.8. The quantitative estimate of drug-likeness (QED) is 0.557. The average molecular weight is 500 g/mol. The van der Waals surface area contributed by atoms with Gasteiger partial charge in [0, 0.05) is 26.1 Å². The van der Waals surface area contributed by atoms with Gasteiger partial charge in [0.15, 0.2) is 0 Å². The summed E-state index contributed by atoms with van der Waals surface area (Å²) in [6.07, 6.45) is 5.17. The fourth-order valence-corrected chi connectivity index (χ4v) is 6.91. The van der Waals surface area contributed by atoms with Crippen LogP contribution >= 0.6 is 0 Å². The molecule has 3 aliphatic heterocycles. The lowest BCUT2D eigenvalue weighted by Gasteiger charge is -2.33. The summed E-state index contributed by atoms with van der Waals surface area (Å²) in [7, 11) is -3.66. The Hall–Kier alpha value is -1.84. The van der Waals surface area contributed by atoms with Gasteiger partial charge in [0.25, 0.3) is 0 Å². The van der Waals surface area contributed by atoms with E-state index in [2.05, 4.69) is 0 Å². The van der Waals surface area contributed by atoms with Crippen LogP contribution in [0.25, 0.3) is 0 Å². The summed E-state index contributed by atoms with van der Waals surface area (Å²) in [6.45, 7) is 11.2. The van der Waals surface area contributed by atoms with Crippen LogP contribution in [0.15, 0.2) is 0 Å². The van der Waals surface area contributed by atoms with E-state index in [9.17, 15) is 22.8 Å². The van der Waals surface area contributed by atoms with Gasteiger partial charge in [-0.1, -0.05) is 13.8 Å². The zero-order valence-electron chi connectivity index (χ0n) is 21.5. The number of carbonyl (C=O) groups excluding carboxylic acids is 3. The maximum atomic E-state index is 13.1. The van der Waals surface area contributed by atoms with E-state index in [0.717, 1.165) is 36.2 Å². The molecule has 0 spiro atoms. The number of hydrogen-bond acceptors (Lipinski definition) is 6. The van der Waals surface area contributed by atoms with E-state index in [1.807, 2.05) is 34.6 Å². The summed E-state index contributed by atoms with van der Waals surface area (Å²) in [5.41, 5.74) is -0.500. The van der Waals surface area contributed by atoms with Gasteiger partial charge in [-0.15, -0.1) is 0 Å². The number of carbonyl (C=O) groups is 3. The summed E-state index contributed by atoms with van der Waals surface area (Å²) in [5.74, 6) is -0.428. The van der Waals surface area contributed by atoms with E-state index in [1.165, 1.54) is 0 Å². The van der Waals surface area contributed by atoms with E-state index in [-0.39, 0.29) is 29.9 Å². The Morgan fingerprint density at radius 1 is 1.09 bits per heavy atom. The lowest BCUT2D eigenvalue weighted by molar-refractivity contribution is -0.134. The third-order valence-electron chi connectivity index (χ3n) is 7.26. The van der Waals surface area contributed by atoms with Gasteiger partial charge in [0.1, 0.15) is 5.60 Å². The monoisotopic (exact) mass is 499 g/mol. The van der Waals surface area contributed by atoms with Crippen molar-refractivity contribution in [3.05, 3.63) is 0 Å². The summed E-state index contributed by atoms with van der Waals surface area (Å²) < 4.78 is 31.0. The van der Waals surface area contributed by atoms with Crippen LogP contribution in [0.1, 0.15) is 73.1 Å². The molecule has 0 radical (unpaired) electrons. The van der Waals surface area contributed by atoms with Gasteiger partial charge < -0.3 is 14.5 Å². The van der Waals surface area contributed by atoms with E-state index < -0.39 is 27.6 Å². The van der Waals surface area contributed by atoms with Crippen LogP contribution in [-0.4, -0.2) is 84.0 Å². The lowest BCUT2D eigenvalue weighted by Crippen LogP contribution is -2.44. The van der Waals surface area contributed by atoms with Crippen LogP contribution in [-0.2, 0) is 24.3 Å². The summed E-state index contributed by atoms with van der Waals surface area (Å²) in [6, 6.07) is -0.817. The van der Waals surface area contributed by atoms with Gasteiger partial charge in [-0.2, -0.15) is 0 Å². The molecule has 9 nitrogen and oxygen atoms in total. The van der Waals surface area contributed by atoms with Crippen LogP contribution in [0.2, 0.25) is 0 Å². The second-order valence-corrected chi connectivity index (χ2v) is 13.3. The van der Waals surface area contributed by atoms with Crippen molar-refractivity contribution in [3.8, 4) is 0 Å². The minimum atomic E-state index is -3.66. The van der Waals surface area contributed by atoms with Crippen molar-refractivity contribution in [2.75, 3.05) is 25.9 Å². The van der Waals surface area contributed by atoms with Gasteiger partial charge in [-0.05, 0) is 64.7 Å². The second kappa shape index (κ2) is 10.0. The molecule has 3 aliphatic rings. The maximum Gasteiger partial charge on any atom is 0.410 e. The fourth-order valence-electron chi connectivity index (χ4n) is 5.74. The van der Waals surface area contributed by atoms with Crippen molar-refractivity contribution < 1.29 is 27.5 Å². The number of likely N-dealkylation sites (tertiary alicyclic amines) is 2. The highest BCUT2D eigenvalue weighted by molar-refractivity contribution is 7.88. The molecule has 3 amide bonds. The molecule has 0 N–H and O–H groups in total. The van der Waals surface area contributed by atoms with Crippen LogP contribution in [0.5, 0.6) is 0 Å². The molecule has 0 bridgehead atoms. The number of hydrogen-bond donors (Lipinski definition) is 0. The highest BCUT2D eigenvalue weighted by Gasteiger charge is 2.58. The number of fused-ring (bicyclic) bond motifs is 1. The van der Waals surface area contributed by atoms with Crippen molar-refractivity contribution >= 4 is 27.9 Å². The molecule has 3 fully saturated rings. The first-order valence-corrected chi connectivity index (χ1v) is 14.4. The predicted molar refractivity (Wildman–Crippen MR) is 128 cm³/mol. The minimum Gasteiger partial charge on any atom is -0.444 e. The molecular formula is C24H41N3O6S. The first-order chi connectivity index (χ1) is 15.7. The van der Waals surface area contributed by atoms with Crippen LogP contribution in [0, 0.1) is 17.8 Å². The zero-order valence-corrected chi connectivity index (χ0v) is 22.3. The smallest absolute Gasteiger partial charge is 0.410 e. The molecule has 10 heteroatoms. The molecule has 3 rings (SSSR count). The third-order valence-corrected chi connectivity index (χ3v) is 8.42. The van der Waals surface area contributed by atoms with E-state index in [1.54, 1.807) is 9.80 Å². The lowest BCUT2D eigenvalue weighted by atomic mass is 9.88. The van der Waals surface area contributed by atoms with Crippen molar-refractivity contribution in [3.63, 3.8) is 0 Å². The normalized spacial score (nSPS) is 26.4. The Morgan fingerprint density at radius 3 is 2.24 bits per heavy atom. The van der Waals surface area contributed by atoms with Crippen molar-refractivity contribution in [2.24, 2.45) is 17.8 Å². The second-order valence-electron chi connectivity index (χ2n) is 11.4. The number of ether oxygens (including phenoxy) is 1. The zero-order chi connectivity index (χ0) is 25.4. The first kappa shape index (κ1) is 26.8. The molecule has 0 aromatic rings. The van der Waals surface area contributed by atoms with Crippen molar-refractivity contribution in [1.29, 1.82) is 0 Å². The Kier molecular flexibility index (Phi) is 7.89. The van der Waals surface area contributed by atoms with E-state index in [0.29, 0.717) is 38.4 Å². The fraction of sp³-hybridized carbons (Fsp3) is 0.875. The first-order valence-electron chi connectivity index (χ1n) is 12.5. The molecule has 0 saturated carbocycles. The number of piperidine rings is 1. The molecule has 0 aromatic heterocycles. The Labute approximate surface area is 204 Å². The van der Waals surface area contributed by atoms with Gasteiger partial charge >= 0.3 is 6.09 Å². The van der Waals surface area contributed by atoms with Gasteiger partial charge in [-0.3, -0.25) is 9.59 Å². The largest absolute Gasteiger partial charge is 0.444 e. The van der Waals surface area contributed by atoms with Crippen LogP contribution in [0.3, 0.4) is 0 Å². The number of sulfonamides is 1. The number of nitrogens with zero attached hydrogens (tertiary/aromatic N) is 3. The molecule has 3 heterocycles. The topological polar surface area (TPSA) is 104 Å². The maximum absolute atomic E-state index is 13.1. The molecular weight excluding hydrogens is 458 g/mol. The highest BCUT2D eigenvalue weighted by atomic mass is 32.2. The Morgan fingerprint density at radius 2 is 1.71 bits per heavy atom. The van der Waals surface area contributed by atoms with Gasteiger partial charge in [0.05, 0.1) is 24.3 Å². The van der Waals surface area contributed by atoms with Crippen molar-refractivity contribution in [1.82, 2.24) is 14.1 Å². The number of rotatable bonds is 6. The molecule has 0 aromatic carbocycles. The third kappa shape index (κ3) is 5.86. The summed E-state index contributed by atoms with van der Waals surface area (Å²) >= 11 is 0. The molecule has 194 valence electrons. The summed E-state index contributed by atoms with van der Waals surface area (Å²) in [5, 5.41) is 0. The minimum absolute atomic E-state index is 0.00694. The van der Waals surface area contributed by atoms with Gasteiger partial charge in [0.2, 0.25) is 21.8 Å². The molecule has 0 unspecified atom stereocenters. The molecule has 0 aliphatic carbocycles.